The van der Waals surface area contributed by atoms with Gasteiger partial charge < -0.3 is 10.6 Å². The molecule has 0 aromatic rings. The van der Waals surface area contributed by atoms with Crippen molar-refractivity contribution in [2.24, 2.45) is 17.1 Å². The molecule has 0 aromatic heterocycles. The minimum Gasteiger partial charge on any atom is -0.327 e. The van der Waals surface area contributed by atoms with E-state index in [0.717, 1.165) is 12.0 Å². The van der Waals surface area contributed by atoms with Crippen molar-refractivity contribution < 1.29 is 0 Å². The number of hydrogen-bond acceptors (Lipinski definition) is 2. The van der Waals surface area contributed by atoms with Gasteiger partial charge >= 0.3 is 0 Å². The third kappa shape index (κ3) is 2.98. The quantitative estimate of drug-likeness (QED) is 0.795. The maximum atomic E-state index is 6.30. The Hall–Kier alpha value is -0.0800. The van der Waals surface area contributed by atoms with Crippen LogP contribution in [0.15, 0.2) is 0 Å². The molecule has 2 heteroatoms. The van der Waals surface area contributed by atoms with Crippen molar-refractivity contribution in [3.63, 3.8) is 0 Å². The third-order valence-corrected chi connectivity index (χ3v) is 4.51. The van der Waals surface area contributed by atoms with Crippen LogP contribution in [0.4, 0.5) is 0 Å². The van der Waals surface area contributed by atoms with Gasteiger partial charge in [-0.25, -0.2) is 0 Å². The Morgan fingerprint density at radius 2 is 1.94 bits per heavy atom. The first-order valence-corrected chi connectivity index (χ1v) is 7.01. The molecule has 0 aromatic carbocycles. The van der Waals surface area contributed by atoms with Crippen molar-refractivity contribution in [3.05, 3.63) is 0 Å². The van der Waals surface area contributed by atoms with Crippen molar-refractivity contribution >= 4 is 0 Å². The molecule has 2 aliphatic carbocycles. The van der Waals surface area contributed by atoms with Crippen LogP contribution in [0.1, 0.15) is 52.9 Å². The molecule has 94 valence electrons. The lowest BCUT2D eigenvalue weighted by Crippen LogP contribution is -2.45. The zero-order chi connectivity index (χ0) is 11.8. The second-order valence-corrected chi connectivity index (χ2v) is 6.65. The summed E-state index contributed by atoms with van der Waals surface area (Å²) in [6, 6.07) is 1.34. The maximum Gasteiger partial charge on any atom is 0.00964 e. The SMILES string of the molecule is CCN(CC1CC(C)(C)CCC1N)C1CC1. The summed E-state index contributed by atoms with van der Waals surface area (Å²) in [7, 11) is 0. The summed E-state index contributed by atoms with van der Waals surface area (Å²) in [5.74, 6) is 0.726. The lowest BCUT2D eigenvalue weighted by Gasteiger charge is -2.41. The predicted molar refractivity (Wildman–Crippen MR) is 69.4 cm³/mol. The summed E-state index contributed by atoms with van der Waals surface area (Å²) in [4.78, 5) is 2.66. The van der Waals surface area contributed by atoms with Gasteiger partial charge in [0.05, 0.1) is 0 Å². The Labute approximate surface area is 101 Å². The van der Waals surface area contributed by atoms with Gasteiger partial charge in [0.25, 0.3) is 0 Å². The van der Waals surface area contributed by atoms with E-state index in [1.54, 1.807) is 0 Å². The zero-order valence-corrected chi connectivity index (χ0v) is 11.2. The summed E-state index contributed by atoms with van der Waals surface area (Å²) in [5.41, 5.74) is 6.81. The van der Waals surface area contributed by atoms with E-state index in [0.29, 0.717) is 11.5 Å². The predicted octanol–water partition coefficient (Wildman–Crippen LogP) is 2.62. The lowest BCUT2D eigenvalue weighted by atomic mass is 9.70. The molecule has 0 amide bonds. The molecule has 2 saturated carbocycles. The monoisotopic (exact) mass is 224 g/mol. The van der Waals surface area contributed by atoms with Gasteiger partial charge in [-0.15, -0.1) is 0 Å². The highest BCUT2D eigenvalue weighted by Gasteiger charge is 2.36. The third-order valence-electron chi connectivity index (χ3n) is 4.51. The van der Waals surface area contributed by atoms with Crippen molar-refractivity contribution in [2.45, 2.75) is 65.0 Å². The molecule has 0 saturated heterocycles. The molecule has 2 fully saturated rings. The van der Waals surface area contributed by atoms with Gasteiger partial charge in [0.15, 0.2) is 0 Å². The molecular weight excluding hydrogens is 196 g/mol. The van der Waals surface area contributed by atoms with Crippen LogP contribution >= 0.6 is 0 Å². The Balaban J connectivity index is 1.90. The van der Waals surface area contributed by atoms with Gasteiger partial charge in [-0.05, 0) is 50.0 Å². The highest BCUT2D eigenvalue weighted by Crippen LogP contribution is 2.39. The van der Waals surface area contributed by atoms with Crippen LogP contribution in [0, 0.1) is 11.3 Å². The highest BCUT2D eigenvalue weighted by atomic mass is 15.2. The number of nitrogens with two attached hydrogens (primary N) is 1. The molecule has 0 heterocycles. The van der Waals surface area contributed by atoms with Crippen molar-refractivity contribution in [1.82, 2.24) is 4.90 Å². The average molecular weight is 224 g/mol. The smallest absolute Gasteiger partial charge is 0.00964 e. The van der Waals surface area contributed by atoms with Crippen LogP contribution in [0.25, 0.3) is 0 Å². The van der Waals surface area contributed by atoms with E-state index in [4.69, 9.17) is 5.73 Å². The minimum atomic E-state index is 0.445. The Morgan fingerprint density at radius 3 is 2.50 bits per heavy atom. The van der Waals surface area contributed by atoms with E-state index in [1.807, 2.05) is 0 Å². The van der Waals surface area contributed by atoms with E-state index in [-0.39, 0.29) is 0 Å². The standard InChI is InChI=1S/C14H28N2/c1-4-16(12-5-6-12)10-11-9-14(2,3)8-7-13(11)15/h11-13H,4-10,15H2,1-3H3. The Bertz CT molecular complexity index is 233. The molecular formula is C14H28N2. The van der Waals surface area contributed by atoms with Crippen LogP contribution in [0.5, 0.6) is 0 Å². The summed E-state index contributed by atoms with van der Waals surface area (Å²) >= 11 is 0. The van der Waals surface area contributed by atoms with E-state index >= 15 is 0 Å². The van der Waals surface area contributed by atoms with E-state index in [9.17, 15) is 0 Å². The molecule has 2 N–H and O–H groups in total. The molecule has 0 bridgehead atoms. The Morgan fingerprint density at radius 1 is 1.25 bits per heavy atom. The number of nitrogens with zero attached hydrogens (tertiary/aromatic N) is 1. The summed E-state index contributed by atoms with van der Waals surface area (Å²) in [6.45, 7) is 9.54. The molecule has 2 unspecified atom stereocenters. The lowest BCUT2D eigenvalue weighted by molar-refractivity contribution is 0.114. The van der Waals surface area contributed by atoms with Crippen molar-refractivity contribution in [1.29, 1.82) is 0 Å². The first-order chi connectivity index (χ1) is 7.52. The van der Waals surface area contributed by atoms with Gasteiger partial charge in [-0.3, -0.25) is 0 Å². The fraction of sp³-hybridized carbons (Fsp3) is 1.00. The average Bonchev–Trinajstić information content (AvgIpc) is 3.03. The van der Waals surface area contributed by atoms with Gasteiger partial charge in [-0.1, -0.05) is 20.8 Å². The molecule has 0 spiro atoms. The first-order valence-electron chi connectivity index (χ1n) is 7.01. The summed E-state index contributed by atoms with van der Waals surface area (Å²) < 4.78 is 0. The molecule has 2 rings (SSSR count). The summed E-state index contributed by atoms with van der Waals surface area (Å²) in [6.07, 6.45) is 6.68. The summed E-state index contributed by atoms with van der Waals surface area (Å²) in [5, 5.41) is 0. The fourth-order valence-corrected chi connectivity index (χ4v) is 3.23. The van der Waals surface area contributed by atoms with Crippen molar-refractivity contribution in [2.75, 3.05) is 13.1 Å². The molecule has 0 aliphatic heterocycles. The van der Waals surface area contributed by atoms with Gasteiger partial charge in [0.1, 0.15) is 0 Å². The topological polar surface area (TPSA) is 29.3 Å². The van der Waals surface area contributed by atoms with Gasteiger partial charge in [0.2, 0.25) is 0 Å². The molecule has 16 heavy (non-hydrogen) atoms. The molecule has 0 radical (unpaired) electrons. The van der Waals surface area contributed by atoms with E-state index < -0.39 is 0 Å². The highest BCUT2D eigenvalue weighted by molar-refractivity contribution is 4.91. The maximum absolute atomic E-state index is 6.30. The zero-order valence-electron chi connectivity index (χ0n) is 11.2. The largest absolute Gasteiger partial charge is 0.327 e. The number of rotatable bonds is 4. The molecule has 2 aliphatic rings. The van der Waals surface area contributed by atoms with Crippen LogP contribution in [0.3, 0.4) is 0 Å². The normalized spacial score (nSPS) is 34.3. The van der Waals surface area contributed by atoms with Crippen LogP contribution in [0.2, 0.25) is 0 Å². The fourth-order valence-electron chi connectivity index (χ4n) is 3.23. The number of hydrogen-bond donors (Lipinski definition) is 1. The Kier molecular flexibility index (Phi) is 3.60. The van der Waals surface area contributed by atoms with Gasteiger partial charge in [-0.2, -0.15) is 0 Å². The van der Waals surface area contributed by atoms with Gasteiger partial charge in [0, 0.05) is 18.6 Å². The molecule has 2 atom stereocenters. The van der Waals surface area contributed by atoms with Crippen LogP contribution in [-0.4, -0.2) is 30.1 Å². The first kappa shape index (κ1) is 12.4. The molecule has 2 nitrogen and oxygen atoms in total. The van der Waals surface area contributed by atoms with Crippen LogP contribution < -0.4 is 5.73 Å². The van der Waals surface area contributed by atoms with Crippen LogP contribution in [-0.2, 0) is 0 Å². The second-order valence-electron chi connectivity index (χ2n) is 6.65. The van der Waals surface area contributed by atoms with E-state index in [1.165, 1.54) is 45.2 Å². The second kappa shape index (κ2) is 4.66. The van der Waals surface area contributed by atoms with E-state index in [2.05, 4.69) is 25.7 Å². The van der Waals surface area contributed by atoms with Crippen molar-refractivity contribution in [3.8, 4) is 0 Å². The minimum absolute atomic E-state index is 0.445.